The number of carbonyl (C=O) groups excluding carboxylic acids is 1. The molecule has 2 aromatic carbocycles. The van der Waals surface area contributed by atoms with Gasteiger partial charge in [0.1, 0.15) is 17.2 Å². The predicted octanol–water partition coefficient (Wildman–Crippen LogP) is 5.11. The van der Waals surface area contributed by atoms with Crippen molar-refractivity contribution in [3.05, 3.63) is 77.4 Å². The number of amides is 1. The number of pyridine rings is 1. The molecule has 1 aromatic heterocycles. The van der Waals surface area contributed by atoms with Crippen molar-refractivity contribution in [2.45, 2.75) is 12.8 Å². The summed E-state index contributed by atoms with van der Waals surface area (Å²) in [4.78, 5) is 16.5. The second-order valence-electron chi connectivity index (χ2n) is 5.77. The molecule has 138 valence electrons. The Kier molecular flexibility index (Phi) is 6.28. The lowest BCUT2D eigenvalue weighted by molar-refractivity contribution is -0.116. The van der Waals surface area contributed by atoms with E-state index in [0.717, 1.165) is 11.3 Å². The fourth-order valence-electron chi connectivity index (χ4n) is 2.48. The number of rotatable bonds is 7. The zero-order chi connectivity index (χ0) is 19.1. The van der Waals surface area contributed by atoms with Gasteiger partial charge in [-0.2, -0.15) is 0 Å². The summed E-state index contributed by atoms with van der Waals surface area (Å²) in [6.45, 7) is 0. The van der Waals surface area contributed by atoms with Crippen molar-refractivity contribution >= 4 is 23.2 Å². The fraction of sp³-hybridized carbons (Fsp3) is 0.143. The first-order valence-corrected chi connectivity index (χ1v) is 8.83. The molecule has 1 amide bonds. The maximum Gasteiger partial charge on any atom is 0.243 e. The molecular weight excluding hydrogens is 364 g/mol. The Morgan fingerprint density at radius 2 is 1.78 bits per heavy atom. The number of anilines is 1. The van der Waals surface area contributed by atoms with Crippen LogP contribution in [0.15, 0.2) is 66.9 Å². The average Bonchev–Trinajstić information content (AvgIpc) is 2.69. The molecule has 3 rings (SSSR count). The van der Waals surface area contributed by atoms with Crippen LogP contribution in [0.4, 0.5) is 5.69 Å². The van der Waals surface area contributed by atoms with Gasteiger partial charge in [0.25, 0.3) is 0 Å². The summed E-state index contributed by atoms with van der Waals surface area (Å²) in [7, 11) is 1.60. The van der Waals surface area contributed by atoms with Gasteiger partial charge < -0.3 is 14.8 Å². The zero-order valence-corrected chi connectivity index (χ0v) is 15.6. The van der Waals surface area contributed by atoms with Crippen LogP contribution in [0, 0.1) is 0 Å². The number of carbonyl (C=O) groups is 1. The Bertz CT molecular complexity index is 913. The van der Waals surface area contributed by atoms with Crippen LogP contribution in [-0.4, -0.2) is 18.0 Å². The molecule has 6 heteroatoms. The first-order chi connectivity index (χ1) is 13.2. The Morgan fingerprint density at radius 3 is 2.52 bits per heavy atom. The van der Waals surface area contributed by atoms with E-state index >= 15 is 0 Å². The van der Waals surface area contributed by atoms with Crippen LogP contribution in [0.5, 0.6) is 17.4 Å². The minimum atomic E-state index is -0.137. The van der Waals surface area contributed by atoms with E-state index in [-0.39, 0.29) is 5.91 Å². The average molecular weight is 383 g/mol. The summed E-state index contributed by atoms with van der Waals surface area (Å²) >= 11 is 6.13. The third-order valence-electron chi connectivity index (χ3n) is 3.90. The fourth-order valence-corrected chi connectivity index (χ4v) is 2.71. The largest absolute Gasteiger partial charge is 0.497 e. The first kappa shape index (κ1) is 18.7. The lowest BCUT2D eigenvalue weighted by atomic mass is 10.1. The van der Waals surface area contributed by atoms with E-state index in [1.165, 1.54) is 0 Å². The van der Waals surface area contributed by atoms with E-state index in [2.05, 4.69) is 10.3 Å². The van der Waals surface area contributed by atoms with E-state index in [4.69, 9.17) is 21.1 Å². The lowest BCUT2D eigenvalue weighted by Gasteiger charge is -2.11. The molecule has 27 heavy (non-hydrogen) atoms. The van der Waals surface area contributed by atoms with Gasteiger partial charge in [-0.3, -0.25) is 4.79 Å². The quantitative estimate of drug-likeness (QED) is 0.617. The number of hydrogen-bond acceptors (Lipinski definition) is 4. The highest BCUT2D eigenvalue weighted by Crippen LogP contribution is 2.28. The number of benzene rings is 2. The van der Waals surface area contributed by atoms with Crippen LogP contribution in [0.25, 0.3) is 0 Å². The molecule has 0 spiro atoms. The molecule has 0 fully saturated rings. The summed E-state index contributed by atoms with van der Waals surface area (Å²) in [5.74, 6) is 1.52. The number of methoxy groups -OCH3 is 1. The van der Waals surface area contributed by atoms with Crippen molar-refractivity contribution in [2.24, 2.45) is 0 Å². The van der Waals surface area contributed by atoms with Crippen molar-refractivity contribution in [3.8, 4) is 17.4 Å². The monoisotopic (exact) mass is 382 g/mol. The first-order valence-electron chi connectivity index (χ1n) is 8.46. The molecule has 0 unspecified atom stereocenters. The summed E-state index contributed by atoms with van der Waals surface area (Å²) in [5, 5.41) is 3.51. The van der Waals surface area contributed by atoms with Crippen LogP contribution in [0.1, 0.15) is 12.0 Å². The normalized spacial score (nSPS) is 10.3. The van der Waals surface area contributed by atoms with E-state index in [1.54, 1.807) is 49.7 Å². The molecule has 1 N–H and O–H groups in total. The SMILES string of the molecule is COc1ccc(Oc2ncccc2NC(=O)CCc2ccccc2Cl)cc1. The van der Waals surface area contributed by atoms with Crippen molar-refractivity contribution in [1.82, 2.24) is 4.98 Å². The van der Waals surface area contributed by atoms with Gasteiger partial charge in [0.05, 0.1) is 7.11 Å². The van der Waals surface area contributed by atoms with Gasteiger partial charge in [-0.1, -0.05) is 29.8 Å². The van der Waals surface area contributed by atoms with Crippen molar-refractivity contribution in [2.75, 3.05) is 12.4 Å². The number of nitrogens with zero attached hydrogens (tertiary/aromatic N) is 1. The number of aromatic nitrogens is 1. The highest BCUT2D eigenvalue weighted by atomic mass is 35.5. The van der Waals surface area contributed by atoms with Crippen molar-refractivity contribution < 1.29 is 14.3 Å². The molecule has 0 aliphatic carbocycles. The molecular formula is C21H19ClN2O3. The van der Waals surface area contributed by atoms with Crippen LogP contribution >= 0.6 is 11.6 Å². The predicted molar refractivity (Wildman–Crippen MR) is 106 cm³/mol. The van der Waals surface area contributed by atoms with Gasteiger partial charge >= 0.3 is 0 Å². The van der Waals surface area contributed by atoms with Gasteiger partial charge in [-0.25, -0.2) is 4.98 Å². The maximum absolute atomic E-state index is 12.3. The smallest absolute Gasteiger partial charge is 0.243 e. The van der Waals surface area contributed by atoms with Gasteiger partial charge in [0.2, 0.25) is 11.8 Å². The highest BCUT2D eigenvalue weighted by Gasteiger charge is 2.11. The molecule has 0 atom stereocenters. The second kappa shape index (κ2) is 9.05. The molecule has 0 radical (unpaired) electrons. The maximum atomic E-state index is 12.3. The van der Waals surface area contributed by atoms with Crippen LogP contribution in [0.3, 0.4) is 0 Å². The molecule has 0 saturated carbocycles. The third kappa shape index (κ3) is 5.21. The summed E-state index contributed by atoms with van der Waals surface area (Å²) < 4.78 is 10.9. The third-order valence-corrected chi connectivity index (χ3v) is 4.27. The number of ether oxygens (including phenoxy) is 2. The molecule has 0 aliphatic heterocycles. The minimum Gasteiger partial charge on any atom is -0.497 e. The minimum absolute atomic E-state index is 0.137. The highest BCUT2D eigenvalue weighted by molar-refractivity contribution is 6.31. The molecule has 5 nitrogen and oxygen atoms in total. The van der Waals surface area contributed by atoms with Gasteiger partial charge in [0, 0.05) is 17.6 Å². The Morgan fingerprint density at radius 1 is 1.04 bits per heavy atom. The van der Waals surface area contributed by atoms with Crippen LogP contribution in [0.2, 0.25) is 5.02 Å². The second-order valence-corrected chi connectivity index (χ2v) is 6.18. The van der Waals surface area contributed by atoms with Crippen LogP contribution < -0.4 is 14.8 Å². The number of hydrogen-bond donors (Lipinski definition) is 1. The molecule has 1 heterocycles. The van der Waals surface area contributed by atoms with E-state index in [9.17, 15) is 4.79 Å². The zero-order valence-electron chi connectivity index (χ0n) is 14.8. The Labute approximate surface area is 162 Å². The van der Waals surface area contributed by atoms with E-state index < -0.39 is 0 Å². The van der Waals surface area contributed by atoms with E-state index in [1.807, 2.05) is 24.3 Å². The lowest BCUT2D eigenvalue weighted by Crippen LogP contribution is -2.13. The topological polar surface area (TPSA) is 60.5 Å². The van der Waals surface area contributed by atoms with E-state index in [0.29, 0.717) is 35.2 Å². The summed E-state index contributed by atoms with van der Waals surface area (Å²) in [6, 6.07) is 18.1. The standard InChI is InChI=1S/C21H19ClN2O3/c1-26-16-9-11-17(12-10-16)27-21-19(7-4-14-23-21)24-20(25)13-8-15-5-2-3-6-18(15)22/h2-7,9-12,14H,8,13H2,1H3,(H,24,25). The summed E-state index contributed by atoms with van der Waals surface area (Å²) in [5.41, 5.74) is 1.45. The number of nitrogens with one attached hydrogen (secondary N) is 1. The Balaban J connectivity index is 1.64. The molecule has 0 saturated heterocycles. The number of aryl methyl sites for hydroxylation is 1. The van der Waals surface area contributed by atoms with Crippen molar-refractivity contribution in [1.29, 1.82) is 0 Å². The molecule has 0 aliphatic rings. The molecule has 3 aromatic rings. The van der Waals surface area contributed by atoms with Gasteiger partial charge in [0.15, 0.2) is 0 Å². The van der Waals surface area contributed by atoms with Gasteiger partial charge in [-0.15, -0.1) is 0 Å². The Hall–Kier alpha value is -3.05. The molecule has 0 bridgehead atoms. The van der Waals surface area contributed by atoms with Crippen LogP contribution in [-0.2, 0) is 11.2 Å². The number of halogens is 1. The van der Waals surface area contributed by atoms with Gasteiger partial charge in [-0.05, 0) is 54.4 Å². The summed E-state index contributed by atoms with van der Waals surface area (Å²) in [6.07, 6.45) is 2.47. The van der Waals surface area contributed by atoms with Crippen molar-refractivity contribution in [3.63, 3.8) is 0 Å².